The number of piperazine rings is 1. The Morgan fingerprint density at radius 1 is 1.04 bits per heavy atom. The largest absolute Gasteiger partial charge is 0.391 e. The highest BCUT2D eigenvalue weighted by Crippen LogP contribution is 2.45. The van der Waals surface area contributed by atoms with E-state index in [0.29, 0.717) is 43.9 Å². The van der Waals surface area contributed by atoms with Crippen molar-refractivity contribution in [3.05, 3.63) is 94.6 Å². The van der Waals surface area contributed by atoms with Gasteiger partial charge >= 0.3 is 0 Å². The number of halogens is 2. The van der Waals surface area contributed by atoms with Crippen molar-refractivity contribution in [2.45, 2.75) is 64.7 Å². The Bertz CT molecular complexity index is 1420. The molecule has 1 aliphatic heterocycles. The van der Waals surface area contributed by atoms with Gasteiger partial charge in [0.25, 0.3) is 0 Å². The van der Waals surface area contributed by atoms with Crippen molar-refractivity contribution in [1.29, 1.82) is 0 Å². The third kappa shape index (κ3) is 8.73. The number of hydrogen-bond donors (Lipinski definition) is 3. The van der Waals surface area contributed by atoms with Crippen LogP contribution in [0, 0.1) is 23.0 Å². The molecule has 1 saturated heterocycles. The Balaban J connectivity index is 1.74. The van der Waals surface area contributed by atoms with Crippen LogP contribution in [0.15, 0.2) is 71.8 Å². The van der Waals surface area contributed by atoms with E-state index in [1.807, 2.05) is 56.1 Å². The van der Waals surface area contributed by atoms with Gasteiger partial charge in [0, 0.05) is 56.8 Å². The third-order valence-corrected chi connectivity index (χ3v) is 9.55. The van der Waals surface area contributed by atoms with Gasteiger partial charge in [-0.1, -0.05) is 61.9 Å². The molecule has 1 heterocycles. The number of primary amides is 1. The number of likely N-dealkylation sites (N-methyl/N-ethyl adjacent to an activating group) is 1. The van der Waals surface area contributed by atoms with Gasteiger partial charge in [-0.25, -0.2) is 8.78 Å². The summed E-state index contributed by atoms with van der Waals surface area (Å²) in [4.78, 5) is 33.4. The van der Waals surface area contributed by atoms with Crippen molar-refractivity contribution in [2.24, 2.45) is 17.1 Å². The van der Waals surface area contributed by atoms with E-state index in [1.165, 1.54) is 12.1 Å². The number of nitrogens with two attached hydrogens (primary N) is 1. The van der Waals surface area contributed by atoms with E-state index in [2.05, 4.69) is 4.90 Å². The van der Waals surface area contributed by atoms with E-state index in [4.69, 9.17) is 5.73 Å². The molecular weight excluding hydrogens is 602 g/mol. The number of aliphatic hydroxyl groups is 2. The van der Waals surface area contributed by atoms with E-state index < -0.39 is 41.1 Å². The Kier molecular flexibility index (Phi) is 12.5. The van der Waals surface area contributed by atoms with Crippen molar-refractivity contribution < 1.29 is 28.6 Å². The first-order chi connectivity index (χ1) is 22.4. The standard InChI is InChI=1S/C37H50F2N4O4/c1-5-12-42(13-6-2)35(46)28-16-25(3)21-37(22-28,36(40)47)31(19-26-17-29(38)20-30(39)18-26)33(44)24-43-15-14-41(4)23-32(43)34(45)27-10-8-7-9-11-27/h7-11,16-18,20-21,31-34,44-45H,5-6,12-15,19,22-24H2,1-4H3,(H2,40,47)/t31-,32?,33+,34?,37?/m1/s1. The van der Waals surface area contributed by atoms with E-state index in [9.17, 15) is 28.6 Å². The molecule has 0 bridgehead atoms. The predicted molar refractivity (Wildman–Crippen MR) is 179 cm³/mol. The molecule has 1 fully saturated rings. The third-order valence-electron chi connectivity index (χ3n) is 9.55. The van der Waals surface area contributed by atoms with Crippen LogP contribution in [0.1, 0.15) is 57.3 Å². The number of carbonyl (C=O) groups is 2. The summed E-state index contributed by atoms with van der Waals surface area (Å²) in [5, 5.41) is 23.6. The van der Waals surface area contributed by atoms with Gasteiger partial charge in [0.05, 0.1) is 23.7 Å². The van der Waals surface area contributed by atoms with Gasteiger partial charge in [0.1, 0.15) is 11.6 Å². The molecule has 47 heavy (non-hydrogen) atoms. The van der Waals surface area contributed by atoms with Crippen LogP contribution in [0.5, 0.6) is 0 Å². The number of hydrogen-bond acceptors (Lipinski definition) is 6. The van der Waals surface area contributed by atoms with Crippen LogP contribution < -0.4 is 5.73 Å². The van der Waals surface area contributed by atoms with Crippen LogP contribution in [-0.4, -0.2) is 95.2 Å². The minimum Gasteiger partial charge on any atom is -0.391 e. The number of nitrogens with zero attached hydrogens (tertiary/aromatic N) is 3. The normalized spacial score (nSPS) is 22.6. The fourth-order valence-electron chi connectivity index (χ4n) is 7.32. The molecule has 10 heteroatoms. The molecule has 256 valence electrons. The minimum atomic E-state index is -1.53. The summed E-state index contributed by atoms with van der Waals surface area (Å²) in [5.74, 6) is -3.41. The van der Waals surface area contributed by atoms with E-state index >= 15 is 0 Å². The fraction of sp³-hybridized carbons (Fsp3) is 0.514. The first-order valence-corrected chi connectivity index (χ1v) is 16.7. The number of benzene rings is 2. The maximum atomic E-state index is 14.4. The first kappa shape index (κ1) is 36.4. The maximum Gasteiger partial charge on any atom is 0.249 e. The summed E-state index contributed by atoms with van der Waals surface area (Å²) in [6, 6.07) is 12.1. The van der Waals surface area contributed by atoms with E-state index in [0.717, 1.165) is 24.5 Å². The van der Waals surface area contributed by atoms with Crippen LogP contribution >= 0.6 is 0 Å². The molecule has 0 saturated carbocycles. The predicted octanol–water partition coefficient (Wildman–Crippen LogP) is 4.23. The first-order valence-electron chi connectivity index (χ1n) is 16.7. The van der Waals surface area contributed by atoms with Gasteiger partial charge < -0.3 is 25.7 Å². The Labute approximate surface area is 277 Å². The molecular formula is C37H50F2N4O4. The maximum absolute atomic E-state index is 14.4. The van der Waals surface area contributed by atoms with Crippen LogP contribution in [0.2, 0.25) is 0 Å². The van der Waals surface area contributed by atoms with Gasteiger partial charge in [-0.2, -0.15) is 0 Å². The lowest BCUT2D eigenvalue weighted by Crippen LogP contribution is -2.58. The summed E-state index contributed by atoms with van der Waals surface area (Å²) >= 11 is 0. The van der Waals surface area contributed by atoms with E-state index in [1.54, 1.807) is 24.0 Å². The monoisotopic (exact) mass is 652 g/mol. The number of β-amino-alcohol motifs (C(OH)–C–C–N with tert-alkyl or cyclic N) is 1. The van der Waals surface area contributed by atoms with Gasteiger partial charge in [-0.3, -0.25) is 14.5 Å². The second-order valence-corrected chi connectivity index (χ2v) is 13.3. The molecule has 0 spiro atoms. The molecule has 2 aromatic carbocycles. The summed E-state index contributed by atoms with van der Waals surface area (Å²) in [6.45, 7) is 8.71. The fourth-order valence-corrected chi connectivity index (χ4v) is 7.32. The van der Waals surface area contributed by atoms with Gasteiger partial charge in [0.15, 0.2) is 0 Å². The van der Waals surface area contributed by atoms with Crippen LogP contribution in [0.4, 0.5) is 8.78 Å². The number of aliphatic hydroxyl groups excluding tert-OH is 2. The van der Waals surface area contributed by atoms with Crippen LogP contribution in [0.3, 0.4) is 0 Å². The smallest absolute Gasteiger partial charge is 0.249 e. The Morgan fingerprint density at radius 3 is 2.28 bits per heavy atom. The zero-order chi connectivity index (χ0) is 34.3. The molecule has 8 nitrogen and oxygen atoms in total. The van der Waals surface area contributed by atoms with Gasteiger partial charge in [-0.15, -0.1) is 0 Å². The number of rotatable bonds is 14. The quantitative estimate of drug-likeness (QED) is 0.282. The van der Waals surface area contributed by atoms with Crippen molar-refractivity contribution in [3.8, 4) is 0 Å². The summed E-state index contributed by atoms with van der Waals surface area (Å²) in [5.41, 5.74) is 6.75. The highest BCUT2D eigenvalue weighted by molar-refractivity contribution is 5.97. The summed E-state index contributed by atoms with van der Waals surface area (Å²) < 4.78 is 28.9. The number of amides is 2. The second-order valence-electron chi connectivity index (χ2n) is 13.3. The molecule has 0 aromatic heterocycles. The van der Waals surface area contributed by atoms with Crippen molar-refractivity contribution in [1.82, 2.24) is 14.7 Å². The van der Waals surface area contributed by atoms with Gasteiger partial charge in [0.2, 0.25) is 11.8 Å². The Morgan fingerprint density at radius 2 is 1.68 bits per heavy atom. The second kappa shape index (κ2) is 16.1. The molecule has 1 aliphatic carbocycles. The SMILES string of the molecule is CCCN(CCC)C(=O)C1=CC(C)=CC(C(N)=O)([C@H](Cc2cc(F)cc(F)c2)[C@@H](O)CN2CCN(C)CC2C(O)c2ccccc2)C1. The van der Waals surface area contributed by atoms with Crippen LogP contribution in [0.25, 0.3) is 0 Å². The molecule has 4 N–H and O–H groups in total. The van der Waals surface area contributed by atoms with Crippen molar-refractivity contribution in [3.63, 3.8) is 0 Å². The topological polar surface area (TPSA) is 110 Å². The zero-order valence-corrected chi connectivity index (χ0v) is 28.0. The molecule has 2 amide bonds. The Hall–Kier alpha value is -3.44. The lowest BCUT2D eigenvalue weighted by Gasteiger charge is -2.46. The average Bonchev–Trinajstić information content (AvgIpc) is 3.03. The lowest BCUT2D eigenvalue weighted by atomic mass is 9.63. The molecule has 0 radical (unpaired) electrons. The molecule has 3 unspecified atom stereocenters. The average molecular weight is 653 g/mol. The number of carbonyl (C=O) groups excluding carboxylic acids is 2. The highest BCUT2D eigenvalue weighted by atomic mass is 19.1. The molecule has 2 aliphatic rings. The zero-order valence-electron chi connectivity index (χ0n) is 28.0. The van der Waals surface area contributed by atoms with E-state index in [-0.39, 0.29) is 36.9 Å². The minimum absolute atomic E-state index is 0.0548. The number of allylic oxidation sites excluding steroid dienone is 2. The van der Waals surface area contributed by atoms with Gasteiger partial charge in [-0.05, 0) is 62.9 Å². The summed E-state index contributed by atoms with van der Waals surface area (Å²) in [7, 11) is 1.97. The summed E-state index contributed by atoms with van der Waals surface area (Å²) in [6.07, 6.45) is 2.81. The highest BCUT2D eigenvalue weighted by Gasteiger charge is 2.49. The van der Waals surface area contributed by atoms with Crippen molar-refractivity contribution in [2.75, 3.05) is 46.3 Å². The van der Waals surface area contributed by atoms with Crippen molar-refractivity contribution >= 4 is 11.8 Å². The molecule has 2 aromatic rings. The lowest BCUT2D eigenvalue weighted by molar-refractivity contribution is -0.133. The van der Waals surface area contributed by atoms with Crippen LogP contribution in [-0.2, 0) is 16.0 Å². The molecule has 4 rings (SSSR count). The molecule has 5 atom stereocenters.